The summed E-state index contributed by atoms with van der Waals surface area (Å²) in [6.07, 6.45) is -0.802. The van der Waals surface area contributed by atoms with E-state index in [1.165, 1.54) is 12.1 Å². The van der Waals surface area contributed by atoms with Gasteiger partial charge in [-0.2, -0.15) is 0 Å². The summed E-state index contributed by atoms with van der Waals surface area (Å²) >= 11 is 0. The van der Waals surface area contributed by atoms with Gasteiger partial charge >= 0.3 is 0 Å². The molecule has 0 bridgehead atoms. The first-order chi connectivity index (χ1) is 8.56. The second-order valence-electron chi connectivity index (χ2n) is 4.58. The fraction of sp³-hybridized carbons (Fsp3) is 0.500. The lowest BCUT2D eigenvalue weighted by Gasteiger charge is -2.33. The number of rotatable bonds is 3. The van der Waals surface area contributed by atoms with Gasteiger partial charge in [0.15, 0.2) is 0 Å². The molecule has 1 aliphatic rings. The number of non-ortho nitro benzene ring substituents is 1. The second kappa shape index (κ2) is 5.43. The third kappa shape index (κ3) is 3.04. The monoisotopic (exact) mass is 252 g/mol. The number of nitro benzene ring substituents is 1. The molecule has 0 aliphatic carbocycles. The Hall–Kier alpha value is -1.50. The number of hydrogen-bond acceptors (Lipinski definition) is 5. The molecule has 0 spiro atoms. The predicted molar refractivity (Wildman–Crippen MR) is 65.0 cm³/mol. The van der Waals surface area contributed by atoms with Gasteiger partial charge in [0, 0.05) is 31.8 Å². The number of β-amino-alcohol motifs (C(OH)–C–C–N with tert-alkyl or cyclic N) is 1. The maximum absolute atomic E-state index is 10.5. The van der Waals surface area contributed by atoms with Gasteiger partial charge in [0.05, 0.1) is 17.1 Å². The van der Waals surface area contributed by atoms with Gasteiger partial charge < -0.3 is 10.2 Å². The van der Waals surface area contributed by atoms with E-state index in [0.717, 1.165) is 12.1 Å². The number of piperidine rings is 1. The topological polar surface area (TPSA) is 86.8 Å². The van der Waals surface area contributed by atoms with E-state index in [1.807, 2.05) is 4.90 Å². The quantitative estimate of drug-likeness (QED) is 0.605. The number of likely N-dealkylation sites (tertiary alicyclic amines) is 1. The van der Waals surface area contributed by atoms with E-state index < -0.39 is 17.1 Å². The van der Waals surface area contributed by atoms with Gasteiger partial charge in [0.25, 0.3) is 5.69 Å². The molecule has 0 aromatic heterocycles. The van der Waals surface area contributed by atoms with E-state index in [1.54, 1.807) is 12.1 Å². The third-order valence-electron chi connectivity index (χ3n) is 3.18. The van der Waals surface area contributed by atoms with Crippen molar-refractivity contribution in [2.45, 2.75) is 25.2 Å². The Morgan fingerprint density at radius 3 is 2.50 bits per heavy atom. The molecule has 2 atom stereocenters. The Kier molecular flexibility index (Phi) is 3.90. The van der Waals surface area contributed by atoms with Crippen LogP contribution >= 0.6 is 0 Å². The van der Waals surface area contributed by atoms with Gasteiger partial charge in [-0.15, -0.1) is 0 Å². The summed E-state index contributed by atoms with van der Waals surface area (Å²) in [7, 11) is 0. The van der Waals surface area contributed by atoms with E-state index in [9.17, 15) is 20.3 Å². The Labute approximate surface area is 105 Å². The molecule has 98 valence electrons. The average Bonchev–Trinajstić information content (AvgIpc) is 2.34. The van der Waals surface area contributed by atoms with Crippen molar-refractivity contribution >= 4 is 5.69 Å². The van der Waals surface area contributed by atoms with Crippen LogP contribution < -0.4 is 0 Å². The van der Waals surface area contributed by atoms with Crippen molar-refractivity contribution in [2.75, 3.05) is 13.1 Å². The molecule has 1 aliphatic heterocycles. The minimum absolute atomic E-state index is 0.0767. The van der Waals surface area contributed by atoms with Crippen molar-refractivity contribution in [1.82, 2.24) is 4.90 Å². The highest BCUT2D eigenvalue weighted by Crippen LogP contribution is 2.16. The van der Waals surface area contributed by atoms with Crippen LogP contribution in [-0.2, 0) is 6.54 Å². The number of nitro groups is 1. The Bertz CT molecular complexity index is 421. The zero-order valence-electron chi connectivity index (χ0n) is 9.90. The molecule has 1 aromatic carbocycles. The summed E-state index contributed by atoms with van der Waals surface area (Å²) < 4.78 is 0. The first kappa shape index (κ1) is 12.9. The van der Waals surface area contributed by atoms with E-state index in [-0.39, 0.29) is 5.69 Å². The summed E-state index contributed by atoms with van der Waals surface area (Å²) in [6.45, 7) is 1.77. The van der Waals surface area contributed by atoms with Crippen LogP contribution in [-0.4, -0.2) is 45.3 Å². The largest absolute Gasteiger partial charge is 0.390 e. The van der Waals surface area contributed by atoms with Crippen LogP contribution in [0.5, 0.6) is 0 Å². The van der Waals surface area contributed by atoms with Gasteiger partial charge in [-0.25, -0.2) is 0 Å². The fourth-order valence-electron chi connectivity index (χ4n) is 2.11. The van der Waals surface area contributed by atoms with Crippen LogP contribution in [0.3, 0.4) is 0 Å². The summed E-state index contributed by atoms with van der Waals surface area (Å²) in [6, 6.07) is 6.39. The number of hydrogen-bond donors (Lipinski definition) is 2. The lowest BCUT2D eigenvalue weighted by atomic mass is 10.0. The highest BCUT2D eigenvalue weighted by atomic mass is 16.6. The van der Waals surface area contributed by atoms with Crippen LogP contribution in [0.4, 0.5) is 5.69 Å². The molecule has 0 radical (unpaired) electrons. The number of benzene rings is 1. The SMILES string of the molecule is O=[N+]([O-])c1ccc(CN2CCC(O)C(O)C2)cc1. The zero-order valence-corrected chi connectivity index (χ0v) is 9.90. The van der Waals surface area contributed by atoms with Crippen LogP contribution in [0.2, 0.25) is 0 Å². The lowest BCUT2D eigenvalue weighted by molar-refractivity contribution is -0.384. The van der Waals surface area contributed by atoms with Crippen molar-refractivity contribution < 1.29 is 15.1 Å². The first-order valence-electron chi connectivity index (χ1n) is 5.88. The van der Waals surface area contributed by atoms with Gasteiger partial charge in [-0.1, -0.05) is 12.1 Å². The molecule has 1 saturated heterocycles. The zero-order chi connectivity index (χ0) is 13.1. The van der Waals surface area contributed by atoms with Crippen LogP contribution in [0, 0.1) is 10.1 Å². The van der Waals surface area contributed by atoms with Crippen molar-refractivity contribution in [3.63, 3.8) is 0 Å². The first-order valence-corrected chi connectivity index (χ1v) is 5.88. The number of aliphatic hydroxyl groups excluding tert-OH is 2. The molecule has 2 unspecified atom stereocenters. The van der Waals surface area contributed by atoms with Gasteiger partial charge in [0.1, 0.15) is 0 Å². The third-order valence-corrected chi connectivity index (χ3v) is 3.18. The smallest absolute Gasteiger partial charge is 0.269 e. The van der Waals surface area contributed by atoms with Gasteiger partial charge in [0.2, 0.25) is 0 Å². The van der Waals surface area contributed by atoms with E-state index in [0.29, 0.717) is 19.5 Å². The molecule has 18 heavy (non-hydrogen) atoms. The minimum atomic E-state index is -0.711. The maximum Gasteiger partial charge on any atom is 0.269 e. The lowest BCUT2D eigenvalue weighted by Crippen LogP contribution is -2.46. The van der Waals surface area contributed by atoms with Crippen LogP contribution in [0.25, 0.3) is 0 Å². The normalized spacial score (nSPS) is 25.0. The molecule has 1 aromatic rings. The van der Waals surface area contributed by atoms with Gasteiger partial charge in [-0.3, -0.25) is 15.0 Å². The van der Waals surface area contributed by atoms with E-state index >= 15 is 0 Å². The van der Waals surface area contributed by atoms with E-state index in [4.69, 9.17) is 0 Å². The van der Waals surface area contributed by atoms with Crippen LogP contribution in [0.1, 0.15) is 12.0 Å². The van der Waals surface area contributed by atoms with E-state index in [2.05, 4.69) is 0 Å². The predicted octanol–water partition coefficient (Wildman–Crippen LogP) is 0.522. The summed E-state index contributed by atoms with van der Waals surface area (Å²) in [5.74, 6) is 0. The molecule has 1 heterocycles. The molecule has 0 amide bonds. The van der Waals surface area contributed by atoms with Crippen molar-refractivity contribution in [3.05, 3.63) is 39.9 Å². The molecule has 2 N–H and O–H groups in total. The maximum atomic E-state index is 10.5. The fourth-order valence-corrected chi connectivity index (χ4v) is 2.11. The standard InChI is InChI=1S/C12H16N2O4/c15-11-5-6-13(8-12(11)16)7-9-1-3-10(4-2-9)14(17)18/h1-4,11-12,15-16H,5-8H2. The Morgan fingerprint density at radius 1 is 1.28 bits per heavy atom. The molecule has 2 rings (SSSR count). The van der Waals surface area contributed by atoms with Crippen molar-refractivity contribution in [2.24, 2.45) is 0 Å². The van der Waals surface area contributed by atoms with Crippen molar-refractivity contribution in [3.8, 4) is 0 Å². The Balaban J connectivity index is 1.95. The summed E-state index contributed by atoms with van der Waals surface area (Å²) in [5, 5.41) is 29.5. The molecule has 1 fully saturated rings. The molecular formula is C12H16N2O4. The molecule has 6 nitrogen and oxygen atoms in total. The number of aliphatic hydroxyl groups is 2. The van der Waals surface area contributed by atoms with Crippen molar-refractivity contribution in [1.29, 1.82) is 0 Å². The highest BCUT2D eigenvalue weighted by molar-refractivity contribution is 5.32. The molecule has 6 heteroatoms. The highest BCUT2D eigenvalue weighted by Gasteiger charge is 2.25. The molecular weight excluding hydrogens is 236 g/mol. The number of nitrogens with zero attached hydrogens (tertiary/aromatic N) is 2. The average molecular weight is 252 g/mol. The Morgan fingerprint density at radius 2 is 1.94 bits per heavy atom. The molecule has 0 saturated carbocycles. The summed E-state index contributed by atoms with van der Waals surface area (Å²) in [4.78, 5) is 12.1. The van der Waals surface area contributed by atoms with Crippen LogP contribution in [0.15, 0.2) is 24.3 Å². The van der Waals surface area contributed by atoms with Gasteiger partial charge in [-0.05, 0) is 12.0 Å². The minimum Gasteiger partial charge on any atom is -0.390 e. The summed E-state index contributed by atoms with van der Waals surface area (Å²) in [5.41, 5.74) is 1.04. The second-order valence-corrected chi connectivity index (χ2v) is 4.58.